The maximum Gasteiger partial charge on any atom is 0.229 e. The van der Waals surface area contributed by atoms with E-state index in [1.807, 2.05) is 6.07 Å². The first kappa shape index (κ1) is 15.9. The van der Waals surface area contributed by atoms with Gasteiger partial charge < -0.3 is 20.1 Å². The van der Waals surface area contributed by atoms with Crippen LogP contribution in [0.5, 0.6) is 11.5 Å². The second-order valence-corrected chi connectivity index (χ2v) is 5.61. The van der Waals surface area contributed by atoms with E-state index in [2.05, 4.69) is 5.32 Å². The molecule has 1 atom stereocenters. The summed E-state index contributed by atoms with van der Waals surface area (Å²) in [5.41, 5.74) is 1.05. The summed E-state index contributed by atoms with van der Waals surface area (Å²) >= 11 is 0. The van der Waals surface area contributed by atoms with E-state index in [0.717, 1.165) is 0 Å². The van der Waals surface area contributed by atoms with E-state index < -0.39 is 5.92 Å². The van der Waals surface area contributed by atoms with Gasteiger partial charge >= 0.3 is 0 Å². The minimum atomic E-state index is -0.469. The summed E-state index contributed by atoms with van der Waals surface area (Å²) in [7, 11) is 1.56. The van der Waals surface area contributed by atoms with Crippen LogP contribution < -0.4 is 15.0 Å². The number of nitrogens with zero attached hydrogens (tertiary/aromatic N) is 1. The molecule has 0 aliphatic carbocycles. The number of carbonyl (C=O) groups is 2. The average molecular weight is 326 g/mol. The SMILES string of the molecule is COc1cccc(N2CC(C(=O)Nc3ccccc3O)CC2=O)c1. The van der Waals surface area contributed by atoms with Gasteiger partial charge in [-0.2, -0.15) is 0 Å². The largest absolute Gasteiger partial charge is 0.506 e. The number of phenolic OH excluding ortho intramolecular Hbond substituents is 1. The van der Waals surface area contributed by atoms with Crippen LogP contribution in [0.1, 0.15) is 6.42 Å². The van der Waals surface area contributed by atoms with Gasteiger partial charge in [-0.3, -0.25) is 9.59 Å². The van der Waals surface area contributed by atoms with Crippen molar-refractivity contribution in [3.05, 3.63) is 48.5 Å². The van der Waals surface area contributed by atoms with Gasteiger partial charge in [0.1, 0.15) is 11.5 Å². The number of benzene rings is 2. The minimum Gasteiger partial charge on any atom is -0.506 e. The van der Waals surface area contributed by atoms with Crippen LogP contribution in [0.2, 0.25) is 0 Å². The van der Waals surface area contributed by atoms with Gasteiger partial charge in [0.25, 0.3) is 0 Å². The lowest BCUT2D eigenvalue weighted by atomic mass is 10.1. The van der Waals surface area contributed by atoms with Crippen LogP contribution in [-0.2, 0) is 9.59 Å². The number of amides is 2. The molecule has 3 rings (SSSR count). The van der Waals surface area contributed by atoms with Gasteiger partial charge in [0.15, 0.2) is 0 Å². The highest BCUT2D eigenvalue weighted by molar-refractivity contribution is 6.03. The molecular formula is C18H18N2O4. The maximum absolute atomic E-state index is 12.4. The number of carbonyl (C=O) groups excluding carboxylic acids is 2. The molecule has 1 aliphatic rings. The fraction of sp³-hybridized carbons (Fsp3) is 0.222. The normalized spacial score (nSPS) is 17.0. The zero-order chi connectivity index (χ0) is 17.1. The number of aromatic hydroxyl groups is 1. The van der Waals surface area contributed by atoms with Gasteiger partial charge in [-0.05, 0) is 24.3 Å². The van der Waals surface area contributed by atoms with E-state index in [1.165, 1.54) is 6.07 Å². The summed E-state index contributed by atoms with van der Waals surface area (Å²) in [4.78, 5) is 26.2. The molecule has 0 saturated carbocycles. The van der Waals surface area contributed by atoms with Crippen LogP contribution in [0.4, 0.5) is 11.4 Å². The molecule has 2 amide bonds. The van der Waals surface area contributed by atoms with Crippen molar-refractivity contribution >= 4 is 23.2 Å². The highest BCUT2D eigenvalue weighted by Crippen LogP contribution is 2.29. The maximum atomic E-state index is 12.4. The zero-order valence-electron chi connectivity index (χ0n) is 13.2. The fourth-order valence-electron chi connectivity index (χ4n) is 2.73. The van der Waals surface area contributed by atoms with Crippen LogP contribution in [0, 0.1) is 5.92 Å². The summed E-state index contributed by atoms with van der Waals surface area (Å²) in [6.45, 7) is 0.297. The van der Waals surface area contributed by atoms with Gasteiger partial charge in [-0.15, -0.1) is 0 Å². The molecule has 1 aliphatic heterocycles. The molecule has 0 bridgehead atoms. The molecule has 1 saturated heterocycles. The second kappa shape index (κ2) is 6.62. The lowest BCUT2D eigenvalue weighted by Gasteiger charge is -2.17. The lowest BCUT2D eigenvalue weighted by molar-refractivity contribution is -0.122. The molecule has 6 heteroatoms. The van der Waals surface area contributed by atoms with E-state index in [1.54, 1.807) is 48.4 Å². The van der Waals surface area contributed by atoms with Crippen LogP contribution in [0.25, 0.3) is 0 Å². The Hall–Kier alpha value is -3.02. The molecular weight excluding hydrogens is 308 g/mol. The first-order chi connectivity index (χ1) is 11.6. The number of para-hydroxylation sites is 2. The minimum absolute atomic E-state index is 0.000162. The number of rotatable bonds is 4. The fourth-order valence-corrected chi connectivity index (χ4v) is 2.73. The molecule has 2 aromatic rings. The predicted octanol–water partition coefficient (Wildman–Crippen LogP) is 2.39. The summed E-state index contributed by atoms with van der Waals surface area (Å²) in [5, 5.41) is 12.4. The van der Waals surface area contributed by atoms with Gasteiger partial charge in [-0.1, -0.05) is 18.2 Å². The molecule has 2 N–H and O–H groups in total. The number of anilines is 2. The van der Waals surface area contributed by atoms with Crippen molar-refractivity contribution in [1.82, 2.24) is 0 Å². The zero-order valence-corrected chi connectivity index (χ0v) is 13.2. The van der Waals surface area contributed by atoms with Crippen molar-refractivity contribution in [3.63, 3.8) is 0 Å². The highest BCUT2D eigenvalue weighted by atomic mass is 16.5. The molecule has 24 heavy (non-hydrogen) atoms. The quantitative estimate of drug-likeness (QED) is 0.846. The molecule has 0 spiro atoms. The Morgan fingerprint density at radius 1 is 1.25 bits per heavy atom. The molecule has 1 unspecified atom stereocenters. The third-order valence-corrected chi connectivity index (χ3v) is 4.02. The van der Waals surface area contributed by atoms with Crippen molar-refractivity contribution in [2.24, 2.45) is 5.92 Å². The van der Waals surface area contributed by atoms with Gasteiger partial charge in [-0.25, -0.2) is 0 Å². The standard InChI is InChI=1S/C18H18N2O4/c1-24-14-6-4-5-13(10-14)20-11-12(9-17(20)22)18(23)19-15-7-2-3-8-16(15)21/h2-8,10,12,21H,9,11H2,1H3,(H,19,23). The van der Waals surface area contributed by atoms with E-state index >= 15 is 0 Å². The third-order valence-electron chi connectivity index (χ3n) is 4.02. The number of hydrogen-bond acceptors (Lipinski definition) is 4. The second-order valence-electron chi connectivity index (χ2n) is 5.61. The molecule has 1 fully saturated rings. The number of nitrogens with one attached hydrogen (secondary N) is 1. The Bertz CT molecular complexity index is 775. The van der Waals surface area contributed by atoms with Crippen molar-refractivity contribution in [2.45, 2.75) is 6.42 Å². The summed E-state index contributed by atoms with van der Waals surface area (Å²) in [6, 6.07) is 13.7. The molecule has 1 heterocycles. The van der Waals surface area contributed by atoms with E-state index in [0.29, 0.717) is 23.7 Å². The smallest absolute Gasteiger partial charge is 0.229 e. The molecule has 6 nitrogen and oxygen atoms in total. The molecule has 0 radical (unpaired) electrons. The Balaban J connectivity index is 1.72. The van der Waals surface area contributed by atoms with Gasteiger partial charge in [0.2, 0.25) is 11.8 Å². The van der Waals surface area contributed by atoms with Crippen LogP contribution >= 0.6 is 0 Å². The van der Waals surface area contributed by atoms with E-state index in [9.17, 15) is 14.7 Å². The number of hydrogen-bond donors (Lipinski definition) is 2. The highest BCUT2D eigenvalue weighted by Gasteiger charge is 2.35. The van der Waals surface area contributed by atoms with Crippen molar-refractivity contribution in [2.75, 3.05) is 23.9 Å². The Labute approximate surface area is 139 Å². The number of ether oxygens (including phenoxy) is 1. The van der Waals surface area contributed by atoms with Gasteiger partial charge in [0, 0.05) is 24.7 Å². The van der Waals surface area contributed by atoms with E-state index in [4.69, 9.17) is 4.74 Å². The summed E-state index contributed by atoms with van der Waals surface area (Å²) in [5.74, 6) is -0.207. The Morgan fingerprint density at radius 2 is 2.04 bits per heavy atom. The molecule has 2 aromatic carbocycles. The average Bonchev–Trinajstić information content (AvgIpc) is 2.99. The third kappa shape index (κ3) is 3.17. The van der Waals surface area contributed by atoms with Gasteiger partial charge in [0.05, 0.1) is 18.7 Å². The van der Waals surface area contributed by atoms with Crippen molar-refractivity contribution in [1.29, 1.82) is 0 Å². The summed E-state index contributed by atoms with van der Waals surface area (Å²) in [6.07, 6.45) is 0.136. The van der Waals surface area contributed by atoms with E-state index in [-0.39, 0.29) is 24.0 Å². The van der Waals surface area contributed by atoms with Crippen LogP contribution in [-0.4, -0.2) is 30.6 Å². The monoisotopic (exact) mass is 326 g/mol. The summed E-state index contributed by atoms with van der Waals surface area (Å²) < 4.78 is 5.17. The Kier molecular flexibility index (Phi) is 4.37. The topological polar surface area (TPSA) is 78.9 Å². The number of methoxy groups -OCH3 is 1. The van der Waals surface area contributed by atoms with Crippen molar-refractivity contribution in [3.8, 4) is 11.5 Å². The molecule has 0 aromatic heterocycles. The Morgan fingerprint density at radius 3 is 2.79 bits per heavy atom. The number of phenols is 1. The lowest BCUT2D eigenvalue weighted by Crippen LogP contribution is -2.28. The first-order valence-corrected chi connectivity index (χ1v) is 7.62. The van der Waals surface area contributed by atoms with Crippen molar-refractivity contribution < 1.29 is 19.4 Å². The van der Waals surface area contributed by atoms with Crippen LogP contribution in [0.3, 0.4) is 0 Å². The predicted molar refractivity (Wildman–Crippen MR) is 90.2 cm³/mol. The van der Waals surface area contributed by atoms with Crippen LogP contribution in [0.15, 0.2) is 48.5 Å². The molecule has 124 valence electrons. The first-order valence-electron chi connectivity index (χ1n) is 7.62.